The van der Waals surface area contributed by atoms with Crippen molar-refractivity contribution in [1.82, 2.24) is 0 Å². The van der Waals surface area contributed by atoms with E-state index in [1.807, 2.05) is 30.5 Å². The van der Waals surface area contributed by atoms with Gasteiger partial charge in [0.2, 0.25) is 0 Å². The van der Waals surface area contributed by atoms with Crippen molar-refractivity contribution < 1.29 is 4.99 Å². The van der Waals surface area contributed by atoms with Crippen LogP contribution in [0.4, 0.5) is 5.69 Å². The molecule has 0 spiro atoms. The summed E-state index contributed by atoms with van der Waals surface area (Å²) in [5.41, 5.74) is 6.82. The highest BCUT2D eigenvalue weighted by molar-refractivity contribution is 8.12. The molecule has 15 heavy (non-hydrogen) atoms. The molecular formula is C12H13N2S+. The number of hydrogen-bond acceptors (Lipinski definition) is 1. The zero-order valence-corrected chi connectivity index (χ0v) is 9.34. The first-order valence-corrected chi connectivity index (χ1v) is 5.95. The lowest BCUT2D eigenvalue weighted by Gasteiger charge is -1.99. The van der Waals surface area contributed by atoms with Crippen LogP contribution in [-0.2, 0) is 0 Å². The van der Waals surface area contributed by atoms with Crippen LogP contribution >= 0.6 is 11.8 Å². The fourth-order valence-corrected chi connectivity index (χ4v) is 1.73. The van der Waals surface area contributed by atoms with Gasteiger partial charge in [0.1, 0.15) is 5.69 Å². The van der Waals surface area contributed by atoms with Crippen LogP contribution in [0.15, 0.2) is 42.5 Å². The molecule has 76 valence electrons. The van der Waals surface area contributed by atoms with E-state index in [9.17, 15) is 0 Å². The van der Waals surface area contributed by atoms with E-state index in [2.05, 4.69) is 23.2 Å². The van der Waals surface area contributed by atoms with Crippen LogP contribution in [0.2, 0.25) is 0 Å². The highest BCUT2D eigenvalue weighted by Crippen LogP contribution is 2.18. The largest absolute Gasteiger partial charge is 0.306 e. The maximum atomic E-state index is 5.76. The van der Waals surface area contributed by atoms with Gasteiger partial charge >= 0.3 is 5.17 Å². The smallest absolute Gasteiger partial charge is 0.281 e. The Bertz CT molecular complexity index is 500. The lowest BCUT2D eigenvalue weighted by atomic mass is 10.1. The highest BCUT2D eigenvalue weighted by atomic mass is 32.2. The summed E-state index contributed by atoms with van der Waals surface area (Å²) < 4.78 is 0. The van der Waals surface area contributed by atoms with Gasteiger partial charge < -0.3 is 0 Å². The van der Waals surface area contributed by atoms with Crippen LogP contribution in [0.5, 0.6) is 0 Å². The van der Waals surface area contributed by atoms with Crippen molar-refractivity contribution in [2.24, 2.45) is 5.73 Å². The van der Waals surface area contributed by atoms with Crippen molar-refractivity contribution in [2.45, 2.75) is 0 Å². The van der Waals surface area contributed by atoms with Gasteiger partial charge in [-0.25, -0.2) is 4.99 Å². The Hall–Kier alpha value is -1.48. The predicted octanol–water partition coefficient (Wildman–Crippen LogP) is 1.23. The minimum atomic E-state index is 0.714. The topological polar surface area (TPSA) is 40.0 Å². The summed E-state index contributed by atoms with van der Waals surface area (Å²) >= 11 is 1.51. The summed E-state index contributed by atoms with van der Waals surface area (Å²) in [4.78, 5) is 3.19. The zero-order valence-electron chi connectivity index (χ0n) is 8.53. The summed E-state index contributed by atoms with van der Waals surface area (Å²) in [6, 6.07) is 14.4. The molecule has 2 rings (SSSR count). The van der Waals surface area contributed by atoms with Crippen LogP contribution in [0.3, 0.4) is 0 Å². The quantitative estimate of drug-likeness (QED) is 0.557. The second-order valence-electron chi connectivity index (χ2n) is 3.22. The molecule has 0 heterocycles. The molecule has 0 aliphatic carbocycles. The Morgan fingerprint density at radius 2 is 1.87 bits per heavy atom. The molecule has 0 aliphatic heterocycles. The normalized spacial score (nSPS) is 11.9. The standard InChI is InChI=1S/C12H12N2S/c1-15-12(13)14-11-8-4-6-9-5-2-3-7-10(9)11/h2-8H,1H3,(H2,13,14)/p+1. The molecule has 2 nitrogen and oxygen atoms in total. The maximum absolute atomic E-state index is 5.76. The van der Waals surface area contributed by atoms with Crippen molar-refractivity contribution in [2.75, 3.05) is 6.26 Å². The fraction of sp³-hybridized carbons (Fsp3) is 0.0833. The summed E-state index contributed by atoms with van der Waals surface area (Å²) in [7, 11) is 0. The third-order valence-electron chi connectivity index (χ3n) is 2.27. The van der Waals surface area contributed by atoms with Crippen LogP contribution in [0.25, 0.3) is 10.8 Å². The molecule has 0 bridgehead atoms. The summed E-state index contributed by atoms with van der Waals surface area (Å²) in [6.07, 6.45) is 1.95. The summed E-state index contributed by atoms with van der Waals surface area (Å²) in [6.45, 7) is 0. The zero-order chi connectivity index (χ0) is 10.7. The number of benzene rings is 2. The number of nitrogens with two attached hydrogens (primary N) is 1. The molecule has 3 N–H and O–H groups in total. The molecule has 0 aromatic heterocycles. The van der Waals surface area contributed by atoms with Gasteiger partial charge in [-0.2, -0.15) is 0 Å². The van der Waals surface area contributed by atoms with E-state index >= 15 is 0 Å². The van der Waals surface area contributed by atoms with Gasteiger partial charge in [-0.15, -0.1) is 0 Å². The Morgan fingerprint density at radius 1 is 1.13 bits per heavy atom. The van der Waals surface area contributed by atoms with Gasteiger partial charge in [0.05, 0.1) is 0 Å². The average Bonchev–Trinajstić information content (AvgIpc) is 2.29. The van der Waals surface area contributed by atoms with E-state index in [0.717, 1.165) is 5.69 Å². The number of rotatable bonds is 1. The maximum Gasteiger partial charge on any atom is 0.306 e. The van der Waals surface area contributed by atoms with E-state index < -0.39 is 0 Å². The van der Waals surface area contributed by atoms with Crippen LogP contribution in [-0.4, -0.2) is 11.4 Å². The SMILES string of the molecule is CSC(N)=[NH+]c1cccc2ccccc12. The third-order valence-corrected chi connectivity index (χ3v) is 2.81. The van der Waals surface area contributed by atoms with Gasteiger partial charge in [0.15, 0.2) is 0 Å². The second-order valence-corrected chi connectivity index (χ2v) is 4.07. The molecule has 0 fully saturated rings. The molecule has 2 aromatic rings. The Kier molecular flexibility index (Phi) is 2.92. The van der Waals surface area contributed by atoms with Crippen molar-refractivity contribution in [3.63, 3.8) is 0 Å². The number of nitrogens with one attached hydrogen (secondary N) is 1. The minimum absolute atomic E-state index is 0.714. The van der Waals surface area contributed by atoms with Crippen LogP contribution < -0.4 is 10.7 Å². The van der Waals surface area contributed by atoms with Crippen molar-refractivity contribution in [3.05, 3.63) is 42.5 Å². The van der Waals surface area contributed by atoms with E-state index in [1.165, 1.54) is 22.5 Å². The minimum Gasteiger partial charge on any atom is -0.281 e. The molecule has 2 aromatic carbocycles. The highest BCUT2D eigenvalue weighted by Gasteiger charge is 2.02. The van der Waals surface area contributed by atoms with Crippen molar-refractivity contribution in [1.29, 1.82) is 0 Å². The lowest BCUT2D eigenvalue weighted by molar-refractivity contribution is -0.349. The Balaban J connectivity index is 2.61. The number of amidine groups is 1. The summed E-state index contributed by atoms with van der Waals surface area (Å²) in [5.74, 6) is 0. The van der Waals surface area contributed by atoms with Crippen LogP contribution in [0, 0.1) is 0 Å². The first-order valence-electron chi connectivity index (χ1n) is 4.72. The molecule has 0 amide bonds. The Morgan fingerprint density at radius 3 is 2.67 bits per heavy atom. The molecule has 3 heteroatoms. The first-order chi connectivity index (χ1) is 7.31. The molecule has 0 radical (unpaired) electrons. The van der Waals surface area contributed by atoms with Gasteiger partial charge in [0, 0.05) is 5.39 Å². The number of hydrogen-bond donors (Lipinski definition) is 2. The lowest BCUT2D eigenvalue weighted by Crippen LogP contribution is -2.68. The fourth-order valence-electron chi connectivity index (χ4n) is 1.52. The van der Waals surface area contributed by atoms with Crippen molar-refractivity contribution >= 4 is 33.4 Å². The molecule has 0 atom stereocenters. The number of thioether (sulfide) groups is 1. The third kappa shape index (κ3) is 2.13. The number of fused-ring (bicyclic) bond motifs is 1. The van der Waals surface area contributed by atoms with E-state index in [0.29, 0.717) is 5.17 Å². The van der Waals surface area contributed by atoms with Gasteiger partial charge in [-0.05, 0) is 29.5 Å². The van der Waals surface area contributed by atoms with Gasteiger partial charge in [-0.1, -0.05) is 36.4 Å². The molecule has 0 saturated carbocycles. The molecule has 0 saturated heterocycles. The Labute approximate surface area is 93.2 Å². The van der Waals surface area contributed by atoms with E-state index in [-0.39, 0.29) is 0 Å². The summed E-state index contributed by atoms with van der Waals surface area (Å²) in [5, 5.41) is 3.12. The predicted molar refractivity (Wildman–Crippen MR) is 67.3 cm³/mol. The van der Waals surface area contributed by atoms with E-state index in [1.54, 1.807) is 0 Å². The van der Waals surface area contributed by atoms with Gasteiger partial charge in [0.25, 0.3) is 0 Å². The monoisotopic (exact) mass is 217 g/mol. The van der Waals surface area contributed by atoms with Gasteiger partial charge in [-0.3, -0.25) is 5.73 Å². The average molecular weight is 217 g/mol. The molecule has 0 aliphatic rings. The second kappa shape index (κ2) is 4.36. The first kappa shape index (κ1) is 10.1. The van der Waals surface area contributed by atoms with Crippen LogP contribution in [0.1, 0.15) is 0 Å². The molecular weight excluding hydrogens is 204 g/mol. The van der Waals surface area contributed by atoms with Crippen molar-refractivity contribution in [3.8, 4) is 0 Å². The van der Waals surface area contributed by atoms with E-state index in [4.69, 9.17) is 5.73 Å². The molecule has 0 unspecified atom stereocenters.